The molecule has 0 unspecified atom stereocenters. The van der Waals surface area contributed by atoms with Crippen LogP contribution in [0.4, 0.5) is 0 Å². The van der Waals surface area contributed by atoms with E-state index in [2.05, 4.69) is 16.7 Å². The lowest BCUT2D eigenvalue weighted by atomic mass is 10.1. The average Bonchev–Trinajstić information content (AvgIpc) is 2.45. The van der Waals surface area contributed by atoms with Crippen molar-refractivity contribution in [3.8, 4) is 11.8 Å². The van der Waals surface area contributed by atoms with Crippen molar-refractivity contribution in [2.24, 2.45) is 0 Å². The quantitative estimate of drug-likeness (QED) is 0.595. The van der Waals surface area contributed by atoms with Crippen molar-refractivity contribution in [2.45, 2.75) is 19.3 Å². The number of rotatable bonds is 4. The van der Waals surface area contributed by atoms with E-state index in [-0.39, 0.29) is 0 Å². The van der Waals surface area contributed by atoms with Crippen molar-refractivity contribution < 1.29 is 4.74 Å². The fourth-order valence-corrected chi connectivity index (χ4v) is 2.16. The molecule has 2 nitrogen and oxygen atoms in total. The maximum absolute atomic E-state index is 5.54. The highest BCUT2D eigenvalue weighted by molar-refractivity contribution is 5.33. The monoisotopic (exact) mass is 243 g/mol. The summed E-state index contributed by atoms with van der Waals surface area (Å²) in [5, 5.41) is 0. The molecular weight excluding hydrogens is 222 g/mol. The maximum Gasteiger partial charge on any atom is 0.108 e. The number of likely N-dealkylation sites (tertiary alicyclic amines) is 1. The van der Waals surface area contributed by atoms with E-state index in [0.717, 1.165) is 18.7 Å². The van der Waals surface area contributed by atoms with Crippen LogP contribution in [0.3, 0.4) is 0 Å². The molecule has 1 aliphatic rings. The van der Waals surface area contributed by atoms with Gasteiger partial charge in [0.15, 0.2) is 0 Å². The van der Waals surface area contributed by atoms with Crippen molar-refractivity contribution >= 4 is 0 Å². The highest BCUT2D eigenvalue weighted by Gasteiger charge is 2.08. The van der Waals surface area contributed by atoms with Crippen LogP contribution in [0.5, 0.6) is 0 Å². The molecule has 1 aliphatic heterocycles. The van der Waals surface area contributed by atoms with Gasteiger partial charge >= 0.3 is 0 Å². The smallest absolute Gasteiger partial charge is 0.108 e. The molecule has 0 aliphatic carbocycles. The van der Waals surface area contributed by atoms with Gasteiger partial charge in [-0.05, 0) is 38.1 Å². The first-order valence-electron chi connectivity index (χ1n) is 6.79. The van der Waals surface area contributed by atoms with Crippen LogP contribution in [0.15, 0.2) is 30.3 Å². The molecule has 2 rings (SSSR count). The summed E-state index contributed by atoms with van der Waals surface area (Å²) < 4.78 is 5.54. The molecule has 0 amide bonds. The Bertz CT molecular complexity index is 385. The van der Waals surface area contributed by atoms with Gasteiger partial charge in [-0.1, -0.05) is 36.5 Å². The van der Waals surface area contributed by atoms with Gasteiger partial charge in [0.25, 0.3) is 0 Å². The maximum atomic E-state index is 5.54. The van der Waals surface area contributed by atoms with E-state index in [4.69, 9.17) is 4.74 Å². The molecule has 18 heavy (non-hydrogen) atoms. The van der Waals surface area contributed by atoms with E-state index in [1.54, 1.807) is 0 Å². The Balaban J connectivity index is 1.57. The molecule has 1 saturated heterocycles. The molecule has 0 N–H and O–H groups in total. The molecule has 96 valence electrons. The van der Waals surface area contributed by atoms with Gasteiger partial charge in [0.1, 0.15) is 6.61 Å². The van der Waals surface area contributed by atoms with Crippen LogP contribution in [0, 0.1) is 11.8 Å². The second-order valence-corrected chi connectivity index (χ2v) is 4.62. The van der Waals surface area contributed by atoms with Crippen molar-refractivity contribution in [2.75, 3.05) is 32.8 Å². The number of benzene rings is 1. The first-order chi connectivity index (χ1) is 8.95. The van der Waals surface area contributed by atoms with Crippen LogP contribution in [-0.4, -0.2) is 37.7 Å². The summed E-state index contributed by atoms with van der Waals surface area (Å²) in [6.45, 7) is 4.84. The molecule has 2 heteroatoms. The van der Waals surface area contributed by atoms with Gasteiger partial charge in [-0.2, -0.15) is 0 Å². The van der Waals surface area contributed by atoms with E-state index in [9.17, 15) is 0 Å². The van der Waals surface area contributed by atoms with E-state index in [1.807, 2.05) is 30.3 Å². The number of hydrogen-bond donors (Lipinski definition) is 0. The standard InChI is InChI=1S/C16H21NO/c1-3-8-16(9-4-1)10-7-14-18-15-13-17-11-5-2-6-12-17/h1,3-4,8-9H,2,5-6,11-15H2. The Kier molecular flexibility index (Phi) is 5.78. The van der Waals surface area contributed by atoms with Gasteiger partial charge in [0, 0.05) is 12.1 Å². The van der Waals surface area contributed by atoms with Gasteiger partial charge < -0.3 is 9.64 Å². The number of hydrogen-bond acceptors (Lipinski definition) is 2. The van der Waals surface area contributed by atoms with E-state index in [1.165, 1.54) is 32.4 Å². The van der Waals surface area contributed by atoms with Crippen LogP contribution >= 0.6 is 0 Å². The normalized spacial score (nSPS) is 16.0. The number of piperidine rings is 1. The molecule has 0 atom stereocenters. The van der Waals surface area contributed by atoms with Crippen LogP contribution in [0.25, 0.3) is 0 Å². The van der Waals surface area contributed by atoms with Crippen LogP contribution in [0.1, 0.15) is 24.8 Å². The number of nitrogens with zero attached hydrogens (tertiary/aromatic N) is 1. The fraction of sp³-hybridized carbons (Fsp3) is 0.500. The average molecular weight is 243 g/mol. The summed E-state index contributed by atoms with van der Waals surface area (Å²) >= 11 is 0. The van der Waals surface area contributed by atoms with Gasteiger partial charge in [-0.3, -0.25) is 0 Å². The summed E-state index contributed by atoms with van der Waals surface area (Å²) in [5.74, 6) is 6.14. The minimum atomic E-state index is 0.530. The Morgan fingerprint density at radius 1 is 1.06 bits per heavy atom. The lowest BCUT2D eigenvalue weighted by Gasteiger charge is -2.25. The van der Waals surface area contributed by atoms with Crippen molar-refractivity contribution in [3.63, 3.8) is 0 Å². The summed E-state index contributed by atoms with van der Waals surface area (Å²) in [6, 6.07) is 10.0. The van der Waals surface area contributed by atoms with Crippen LogP contribution < -0.4 is 0 Å². The summed E-state index contributed by atoms with van der Waals surface area (Å²) in [6.07, 6.45) is 4.07. The first kappa shape index (κ1) is 13.1. The second-order valence-electron chi connectivity index (χ2n) is 4.62. The SMILES string of the molecule is C(#Cc1ccccc1)COCCN1CCCCC1. The van der Waals surface area contributed by atoms with Crippen LogP contribution in [-0.2, 0) is 4.74 Å². The predicted molar refractivity (Wildman–Crippen MR) is 74.4 cm³/mol. The molecule has 0 saturated carbocycles. The van der Waals surface area contributed by atoms with E-state index in [0.29, 0.717) is 6.61 Å². The third kappa shape index (κ3) is 4.91. The Hall–Kier alpha value is -1.30. The summed E-state index contributed by atoms with van der Waals surface area (Å²) in [7, 11) is 0. The third-order valence-corrected chi connectivity index (χ3v) is 3.18. The van der Waals surface area contributed by atoms with Gasteiger partial charge in [0.05, 0.1) is 6.61 Å². The van der Waals surface area contributed by atoms with Crippen LogP contribution in [0.2, 0.25) is 0 Å². The molecule has 0 radical (unpaired) electrons. The lowest BCUT2D eigenvalue weighted by Crippen LogP contribution is -2.32. The fourth-order valence-electron chi connectivity index (χ4n) is 2.16. The van der Waals surface area contributed by atoms with E-state index < -0.39 is 0 Å². The second kappa shape index (κ2) is 7.92. The van der Waals surface area contributed by atoms with Gasteiger partial charge in [-0.25, -0.2) is 0 Å². The Labute approximate surface area is 110 Å². The van der Waals surface area contributed by atoms with Crippen molar-refractivity contribution in [1.29, 1.82) is 0 Å². The largest absolute Gasteiger partial charge is 0.367 e. The molecule has 0 aromatic heterocycles. The highest BCUT2D eigenvalue weighted by atomic mass is 16.5. The molecule has 1 aromatic carbocycles. The predicted octanol–water partition coefficient (Wildman–Crippen LogP) is 2.54. The highest BCUT2D eigenvalue weighted by Crippen LogP contribution is 2.07. The van der Waals surface area contributed by atoms with Crippen molar-refractivity contribution in [1.82, 2.24) is 4.90 Å². The topological polar surface area (TPSA) is 12.5 Å². The Morgan fingerprint density at radius 3 is 2.61 bits per heavy atom. The minimum absolute atomic E-state index is 0.530. The minimum Gasteiger partial charge on any atom is -0.367 e. The Morgan fingerprint density at radius 2 is 1.83 bits per heavy atom. The zero-order valence-corrected chi connectivity index (χ0v) is 10.9. The summed E-state index contributed by atoms with van der Waals surface area (Å²) in [5.41, 5.74) is 1.05. The lowest BCUT2D eigenvalue weighted by molar-refractivity contribution is 0.117. The zero-order chi connectivity index (χ0) is 12.5. The molecule has 1 heterocycles. The molecule has 0 bridgehead atoms. The first-order valence-corrected chi connectivity index (χ1v) is 6.79. The summed E-state index contributed by atoms with van der Waals surface area (Å²) in [4.78, 5) is 2.48. The van der Waals surface area contributed by atoms with Gasteiger partial charge in [0.2, 0.25) is 0 Å². The zero-order valence-electron chi connectivity index (χ0n) is 10.9. The number of ether oxygens (including phenoxy) is 1. The third-order valence-electron chi connectivity index (χ3n) is 3.18. The van der Waals surface area contributed by atoms with Gasteiger partial charge in [-0.15, -0.1) is 0 Å². The molecular formula is C16H21NO. The van der Waals surface area contributed by atoms with E-state index >= 15 is 0 Å². The van der Waals surface area contributed by atoms with Crippen molar-refractivity contribution in [3.05, 3.63) is 35.9 Å². The molecule has 1 fully saturated rings. The molecule has 1 aromatic rings. The molecule has 0 spiro atoms.